The third kappa shape index (κ3) is 3.93. The number of nitrogens with one attached hydrogen (secondary N) is 2. The molecule has 1 rings (SSSR count). The normalized spacial score (nSPS) is 12.9. The first kappa shape index (κ1) is 15.4. The van der Waals surface area contributed by atoms with E-state index in [-0.39, 0.29) is 11.3 Å². The van der Waals surface area contributed by atoms with Crippen LogP contribution in [0.4, 0.5) is 14.9 Å². The van der Waals surface area contributed by atoms with Gasteiger partial charge in [-0.2, -0.15) is 5.26 Å². The van der Waals surface area contributed by atoms with E-state index in [1.165, 1.54) is 19.1 Å². The summed E-state index contributed by atoms with van der Waals surface area (Å²) in [7, 11) is 0. The third-order valence-electron chi connectivity index (χ3n) is 2.38. The molecule has 0 heterocycles. The van der Waals surface area contributed by atoms with Gasteiger partial charge in [0.05, 0.1) is 23.4 Å². The molecule has 0 aliphatic carbocycles. The monoisotopic (exact) mass is 281 g/mol. The maximum Gasteiger partial charge on any atom is 0.328 e. The molecule has 7 nitrogen and oxygen atoms in total. The van der Waals surface area contributed by atoms with E-state index >= 15 is 0 Å². The Hall–Kier alpha value is -2.66. The molecule has 4 N–H and O–H groups in total. The molecule has 0 aliphatic heterocycles. The molecule has 20 heavy (non-hydrogen) atoms. The van der Waals surface area contributed by atoms with E-state index in [0.717, 1.165) is 6.07 Å². The van der Waals surface area contributed by atoms with Crippen LogP contribution in [0.15, 0.2) is 18.2 Å². The maximum atomic E-state index is 13.5. The van der Waals surface area contributed by atoms with Crippen LogP contribution in [0.5, 0.6) is 0 Å². The number of carboxylic acid groups (broad SMARTS) is 1. The zero-order valence-corrected chi connectivity index (χ0v) is 10.4. The van der Waals surface area contributed by atoms with Gasteiger partial charge in [0.25, 0.3) is 0 Å². The second-order valence-electron chi connectivity index (χ2n) is 3.96. The first-order valence-electron chi connectivity index (χ1n) is 5.53. The van der Waals surface area contributed by atoms with Crippen molar-refractivity contribution in [3.8, 4) is 6.07 Å². The molecule has 0 unspecified atom stereocenters. The zero-order chi connectivity index (χ0) is 15.3. The van der Waals surface area contributed by atoms with Gasteiger partial charge in [-0.05, 0) is 25.1 Å². The number of carbonyl (C=O) groups excluding carboxylic acids is 1. The second kappa shape index (κ2) is 6.49. The number of aliphatic hydroxyl groups is 1. The van der Waals surface area contributed by atoms with Crippen molar-refractivity contribution in [3.05, 3.63) is 29.6 Å². The molecule has 1 aromatic carbocycles. The highest BCUT2D eigenvalue weighted by Gasteiger charge is 2.25. The number of aliphatic hydroxyl groups excluding tert-OH is 1. The molecule has 0 radical (unpaired) electrons. The number of rotatable bonds is 4. The number of carboxylic acids is 1. The highest BCUT2D eigenvalue weighted by molar-refractivity contribution is 5.92. The van der Waals surface area contributed by atoms with E-state index in [1.807, 2.05) is 5.32 Å². The smallest absolute Gasteiger partial charge is 0.328 e. The summed E-state index contributed by atoms with van der Waals surface area (Å²) in [5, 5.41) is 30.6. The summed E-state index contributed by atoms with van der Waals surface area (Å²) in [4.78, 5) is 22.3. The Labute approximate surface area is 113 Å². The number of aliphatic carboxylic acids is 1. The quantitative estimate of drug-likeness (QED) is 0.645. The van der Waals surface area contributed by atoms with Gasteiger partial charge in [-0.3, -0.25) is 0 Å². The summed E-state index contributed by atoms with van der Waals surface area (Å²) in [6.45, 7) is 1.20. The minimum absolute atomic E-state index is 0.0841. The van der Waals surface area contributed by atoms with Gasteiger partial charge in [0.1, 0.15) is 5.82 Å². The lowest BCUT2D eigenvalue weighted by molar-refractivity contribution is -0.141. The Morgan fingerprint density at radius 3 is 2.55 bits per heavy atom. The molecular formula is C12H12FN3O4. The molecule has 0 spiro atoms. The summed E-state index contributed by atoms with van der Waals surface area (Å²) < 4.78 is 13.5. The number of amides is 2. The molecule has 2 atom stereocenters. The van der Waals surface area contributed by atoms with Crippen LogP contribution in [0.3, 0.4) is 0 Å². The Balaban J connectivity index is 2.76. The predicted molar refractivity (Wildman–Crippen MR) is 66.4 cm³/mol. The largest absolute Gasteiger partial charge is 0.480 e. The van der Waals surface area contributed by atoms with Crippen LogP contribution in [-0.2, 0) is 4.79 Å². The van der Waals surface area contributed by atoms with Gasteiger partial charge in [0, 0.05) is 0 Å². The van der Waals surface area contributed by atoms with E-state index in [1.54, 1.807) is 6.07 Å². The Kier molecular flexibility index (Phi) is 5.00. The summed E-state index contributed by atoms with van der Waals surface area (Å²) in [6.07, 6.45) is -1.32. The Morgan fingerprint density at radius 2 is 2.10 bits per heavy atom. The fourth-order valence-corrected chi connectivity index (χ4v) is 1.37. The average Bonchev–Trinajstić information content (AvgIpc) is 2.37. The molecule has 2 amide bonds. The molecule has 0 bridgehead atoms. The number of nitrogens with zero attached hydrogens (tertiary/aromatic N) is 1. The van der Waals surface area contributed by atoms with Crippen LogP contribution in [0, 0.1) is 17.1 Å². The number of anilines is 1. The number of urea groups is 1. The number of carbonyl (C=O) groups is 2. The van der Waals surface area contributed by atoms with Crippen molar-refractivity contribution in [3.63, 3.8) is 0 Å². The van der Waals surface area contributed by atoms with E-state index in [0.29, 0.717) is 0 Å². The first-order valence-corrected chi connectivity index (χ1v) is 5.53. The van der Waals surface area contributed by atoms with Crippen molar-refractivity contribution in [2.24, 2.45) is 0 Å². The number of hydrogen-bond donors (Lipinski definition) is 4. The van der Waals surface area contributed by atoms with Crippen molar-refractivity contribution in [1.82, 2.24) is 5.32 Å². The van der Waals surface area contributed by atoms with Gasteiger partial charge in [-0.25, -0.2) is 14.0 Å². The minimum Gasteiger partial charge on any atom is -0.480 e. The molecule has 0 aromatic heterocycles. The summed E-state index contributed by atoms with van der Waals surface area (Å²) in [5.74, 6) is -2.25. The fraction of sp³-hybridized carbons (Fsp3) is 0.250. The van der Waals surface area contributed by atoms with Crippen molar-refractivity contribution in [1.29, 1.82) is 5.26 Å². The number of hydrogen-bond acceptors (Lipinski definition) is 4. The van der Waals surface area contributed by atoms with Crippen LogP contribution in [0.25, 0.3) is 0 Å². The standard InChI is InChI=1S/C12H12FN3O4/c1-6(17)10(11(18)19)16-12(20)15-9-3-2-7(5-14)4-8(9)13/h2-4,6,10,17H,1H3,(H,18,19)(H2,15,16,20)/t6-,10+/m1/s1. The minimum atomic E-state index is -1.52. The van der Waals surface area contributed by atoms with Crippen molar-refractivity contribution in [2.45, 2.75) is 19.1 Å². The van der Waals surface area contributed by atoms with Crippen LogP contribution < -0.4 is 10.6 Å². The van der Waals surface area contributed by atoms with E-state index in [2.05, 4.69) is 5.32 Å². The van der Waals surface area contributed by atoms with Gasteiger partial charge in [-0.15, -0.1) is 0 Å². The summed E-state index contributed by atoms with van der Waals surface area (Å²) >= 11 is 0. The molecule has 0 saturated carbocycles. The number of halogens is 1. The SMILES string of the molecule is C[C@@H](O)[C@H](NC(=O)Nc1ccc(C#N)cc1F)C(=O)O. The predicted octanol–water partition coefficient (Wildman–Crippen LogP) is 0.653. The summed E-state index contributed by atoms with van der Waals surface area (Å²) in [6, 6.07) is 2.63. The van der Waals surface area contributed by atoms with Gasteiger partial charge >= 0.3 is 12.0 Å². The van der Waals surface area contributed by atoms with Gasteiger partial charge in [-0.1, -0.05) is 0 Å². The molecular weight excluding hydrogens is 269 g/mol. The lowest BCUT2D eigenvalue weighted by atomic mass is 10.2. The fourth-order valence-electron chi connectivity index (χ4n) is 1.37. The molecule has 0 saturated heterocycles. The summed E-state index contributed by atoms with van der Waals surface area (Å²) in [5.41, 5.74) is -0.128. The van der Waals surface area contributed by atoms with Crippen LogP contribution >= 0.6 is 0 Å². The Bertz CT molecular complexity index is 568. The van der Waals surface area contributed by atoms with Gasteiger partial charge in [0.2, 0.25) is 0 Å². The van der Waals surface area contributed by atoms with Crippen molar-refractivity contribution in [2.75, 3.05) is 5.32 Å². The van der Waals surface area contributed by atoms with E-state index in [9.17, 15) is 19.1 Å². The molecule has 8 heteroatoms. The zero-order valence-electron chi connectivity index (χ0n) is 10.4. The lowest BCUT2D eigenvalue weighted by Gasteiger charge is -2.17. The van der Waals surface area contributed by atoms with E-state index in [4.69, 9.17) is 10.4 Å². The van der Waals surface area contributed by atoms with E-state index < -0.39 is 30.0 Å². The Morgan fingerprint density at radius 1 is 1.45 bits per heavy atom. The molecule has 0 fully saturated rings. The first-order chi connectivity index (χ1) is 9.35. The molecule has 1 aromatic rings. The highest BCUT2D eigenvalue weighted by Crippen LogP contribution is 2.15. The van der Waals surface area contributed by atoms with Crippen molar-refractivity contribution >= 4 is 17.7 Å². The third-order valence-corrected chi connectivity index (χ3v) is 2.38. The van der Waals surface area contributed by atoms with Crippen LogP contribution in [0.2, 0.25) is 0 Å². The highest BCUT2D eigenvalue weighted by atomic mass is 19.1. The molecule has 106 valence electrons. The van der Waals surface area contributed by atoms with Crippen molar-refractivity contribution < 1.29 is 24.2 Å². The average molecular weight is 281 g/mol. The number of benzene rings is 1. The van der Waals surface area contributed by atoms with Crippen LogP contribution in [0.1, 0.15) is 12.5 Å². The van der Waals surface area contributed by atoms with Crippen LogP contribution in [-0.4, -0.2) is 34.4 Å². The second-order valence-corrected chi connectivity index (χ2v) is 3.96. The lowest BCUT2D eigenvalue weighted by Crippen LogP contribution is -2.49. The number of nitriles is 1. The molecule has 0 aliphatic rings. The maximum absolute atomic E-state index is 13.5. The van der Waals surface area contributed by atoms with Gasteiger partial charge < -0.3 is 20.8 Å². The topological polar surface area (TPSA) is 122 Å². The van der Waals surface area contributed by atoms with Gasteiger partial charge in [0.15, 0.2) is 6.04 Å².